The molecule has 0 fully saturated rings. The van der Waals surface area contributed by atoms with E-state index in [1.807, 2.05) is 0 Å². The van der Waals surface area contributed by atoms with E-state index in [1.165, 1.54) is 0 Å². The van der Waals surface area contributed by atoms with Gasteiger partial charge in [-0.15, -0.1) is 12.4 Å². The molecule has 0 spiro atoms. The van der Waals surface area contributed by atoms with Crippen LogP contribution >= 0.6 is 12.4 Å². The van der Waals surface area contributed by atoms with Crippen LogP contribution in [0.1, 0.15) is 13.8 Å². The van der Waals surface area contributed by atoms with Gasteiger partial charge in [-0.25, -0.2) is 0 Å². The standard InChI is InChI=1S/C5H12N2O.ClH/c1-5(2,3-6)4(7)8;/h3,6H2,1-2H3,(H2,7,8);1H. The van der Waals surface area contributed by atoms with E-state index < -0.39 is 5.41 Å². The average molecular weight is 153 g/mol. The SMILES string of the molecule is CC(C)(CN)C(N)=O.Cl. The molecule has 9 heavy (non-hydrogen) atoms. The van der Waals surface area contributed by atoms with Crippen LogP contribution in [0.2, 0.25) is 0 Å². The number of primary amides is 1. The fourth-order valence-corrected chi connectivity index (χ4v) is 0.101. The van der Waals surface area contributed by atoms with Crippen LogP contribution in [0.4, 0.5) is 0 Å². The molecule has 0 radical (unpaired) electrons. The summed E-state index contributed by atoms with van der Waals surface area (Å²) in [4.78, 5) is 10.4. The molecular formula is C5H13ClN2O. The van der Waals surface area contributed by atoms with Crippen LogP contribution in [0.25, 0.3) is 0 Å². The van der Waals surface area contributed by atoms with Gasteiger partial charge in [-0.05, 0) is 13.8 Å². The highest BCUT2D eigenvalue weighted by molar-refractivity contribution is 5.85. The lowest BCUT2D eigenvalue weighted by atomic mass is 9.93. The molecule has 0 atom stereocenters. The summed E-state index contributed by atoms with van der Waals surface area (Å²) in [5.41, 5.74) is 9.63. The van der Waals surface area contributed by atoms with Gasteiger partial charge in [0, 0.05) is 6.54 Å². The fraction of sp³-hybridized carbons (Fsp3) is 0.800. The summed E-state index contributed by atoms with van der Waals surface area (Å²) >= 11 is 0. The van der Waals surface area contributed by atoms with Gasteiger partial charge in [0.25, 0.3) is 0 Å². The van der Waals surface area contributed by atoms with Gasteiger partial charge in [-0.3, -0.25) is 4.79 Å². The van der Waals surface area contributed by atoms with Crippen molar-refractivity contribution in [1.82, 2.24) is 0 Å². The first kappa shape index (κ1) is 11.5. The molecule has 0 saturated heterocycles. The monoisotopic (exact) mass is 152 g/mol. The number of nitrogens with two attached hydrogens (primary N) is 2. The molecule has 0 aromatic rings. The van der Waals surface area contributed by atoms with Crippen molar-refractivity contribution in [2.75, 3.05) is 6.54 Å². The molecule has 0 rings (SSSR count). The molecule has 0 heterocycles. The third-order valence-electron chi connectivity index (χ3n) is 1.18. The van der Waals surface area contributed by atoms with Crippen LogP contribution in [0.5, 0.6) is 0 Å². The van der Waals surface area contributed by atoms with Crippen LogP contribution in [0, 0.1) is 5.41 Å². The Morgan fingerprint density at radius 2 is 1.89 bits per heavy atom. The number of carbonyl (C=O) groups excluding carboxylic acids is 1. The maximum atomic E-state index is 10.4. The Kier molecular flexibility index (Phi) is 4.72. The number of rotatable bonds is 2. The van der Waals surface area contributed by atoms with Gasteiger partial charge in [0.1, 0.15) is 0 Å². The van der Waals surface area contributed by atoms with Crippen molar-refractivity contribution in [3.05, 3.63) is 0 Å². The molecule has 3 nitrogen and oxygen atoms in total. The number of hydrogen-bond acceptors (Lipinski definition) is 2. The summed E-state index contributed by atoms with van der Waals surface area (Å²) in [6, 6.07) is 0. The molecule has 4 N–H and O–H groups in total. The molecule has 0 aliphatic rings. The third-order valence-corrected chi connectivity index (χ3v) is 1.18. The number of carbonyl (C=O) groups is 1. The Bertz CT molecular complexity index is 103. The van der Waals surface area contributed by atoms with E-state index >= 15 is 0 Å². The van der Waals surface area contributed by atoms with E-state index in [0.717, 1.165) is 0 Å². The van der Waals surface area contributed by atoms with Crippen molar-refractivity contribution < 1.29 is 4.79 Å². The van der Waals surface area contributed by atoms with Gasteiger partial charge >= 0.3 is 0 Å². The maximum Gasteiger partial charge on any atom is 0.224 e. The Morgan fingerprint density at radius 3 is 1.89 bits per heavy atom. The molecule has 0 aliphatic heterocycles. The minimum absolute atomic E-state index is 0. The van der Waals surface area contributed by atoms with Gasteiger partial charge in [-0.2, -0.15) is 0 Å². The van der Waals surface area contributed by atoms with E-state index in [4.69, 9.17) is 11.5 Å². The van der Waals surface area contributed by atoms with Crippen molar-refractivity contribution in [2.24, 2.45) is 16.9 Å². The predicted molar refractivity (Wildman–Crippen MR) is 39.3 cm³/mol. The average Bonchev–Trinajstić information content (AvgIpc) is 1.67. The zero-order chi connectivity index (χ0) is 6.78. The second-order valence-corrected chi connectivity index (χ2v) is 2.45. The predicted octanol–water partition coefficient (Wildman–Crippen LogP) is -0.122. The van der Waals surface area contributed by atoms with Crippen molar-refractivity contribution >= 4 is 18.3 Å². The number of amides is 1. The minimum atomic E-state index is -0.542. The van der Waals surface area contributed by atoms with Gasteiger partial charge in [0.05, 0.1) is 5.41 Å². The van der Waals surface area contributed by atoms with Gasteiger partial charge in [-0.1, -0.05) is 0 Å². The zero-order valence-electron chi connectivity index (χ0n) is 5.68. The smallest absolute Gasteiger partial charge is 0.224 e. The molecule has 0 bridgehead atoms. The zero-order valence-corrected chi connectivity index (χ0v) is 6.49. The normalized spacial score (nSPS) is 10.1. The summed E-state index contributed by atoms with van der Waals surface area (Å²) in [6.07, 6.45) is 0. The van der Waals surface area contributed by atoms with E-state index in [9.17, 15) is 4.79 Å². The second-order valence-electron chi connectivity index (χ2n) is 2.45. The maximum absolute atomic E-state index is 10.4. The van der Waals surface area contributed by atoms with E-state index in [1.54, 1.807) is 13.8 Å². The van der Waals surface area contributed by atoms with Gasteiger partial charge < -0.3 is 11.5 Å². The summed E-state index contributed by atoms with van der Waals surface area (Å²) in [6.45, 7) is 3.74. The number of hydrogen-bond donors (Lipinski definition) is 2. The highest BCUT2D eigenvalue weighted by atomic mass is 35.5. The van der Waals surface area contributed by atoms with Gasteiger partial charge in [0.15, 0.2) is 0 Å². The molecule has 56 valence electrons. The largest absolute Gasteiger partial charge is 0.369 e. The van der Waals surface area contributed by atoms with Crippen LogP contribution < -0.4 is 11.5 Å². The molecule has 1 amide bonds. The first-order chi connectivity index (χ1) is 3.50. The third kappa shape index (κ3) is 3.32. The first-order valence-electron chi connectivity index (χ1n) is 2.50. The highest BCUT2D eigenvalue weighted by Gasteiger charge is 2.21. The lowest BCUT2D eigenvalue weighted by Gasteiger charge is -2.16. The van der Waals surface area contributed by atoms with Crippen molar-refractivity contribution in [3.8, 4) is 0 Å². The van der Waals surface area contributed by atoms with Crippen LogP contribution in [0.15, 0.2) is 0 Å². The molecule has 0 aromatic heterocycles. The van der Waals surface area contributed by atoms with Crippen molar-refractivity contribution in [1.29, 1.82) is 0 Å². The van der Waals surface area contributed by atoms with Gasteiger partial charge in [0.2, 0.25) is 5.91 Å². The molecular weight excluding hydrogens is 140 g/mol. The minimum Gasteiger partial charge on any atom is -0.369 e. The molecule has 0 saturated carbocycles. The summed E-state index contributed by atoms with van der Waals surface area (Å²) in [7, 11) is 0. The van der Waals surface area contributed by atoms with Crippen LogP contribution in [0.3, 0.4) is 0 Å². The van der Waals surface area contributed by atoms with Crippen LogP contribution in [-0.2, 0) is 4.79 Å². The summed E-state index contributed by atoms with van der Waals surface area (Å²) in [5.74, 6) is -0.347. The van der Waals surface area contributed by atoms with E-state index in [-0.39, 0.29) is 18.3 Å². The first-order valence-corrected chi connectivity index (χ1v) is 2.50. The lowest BCUT2D eigenvalue weighted by Crippen LogP contribution is -2.37. The fourth-order valence-electron chi connectivity index (χ4n) is 0.101. The van der Waals surface area contributed by atoms with E-state index in [2.05, 4.69) is 0 Å². The topological polar surface area (TPSA) is 69.1 Å². The van der Waals surface area contributed by atoms with Crippen LogP contribution in [-0.4, -0.2) is 12.5 Å². The Hall–Kier alpha value is -0.280. The van der Waals surface area contributed by atoms with Crippen molar-refractivity contribution in [3.63, 3.8) is 0 Å². The Morgan fingerprint density at radius 1 is 1.56 bits per heavy atom. The molecule has 0 aliphatic carbocycles. The summed E-state index contributed by atoms with van der Waals surface area (Å²) in [5, 5.41) is 0. The van der Waals surface area contributed by atoms with Crippen molar-refractivity contribution in [2.45, 2.75) is 13.8 Å². The highest BCUT2D eigenvalue weighted by Crippen LogP contribution is 2.09. The quantitative estimate of drug-likeness (QED) is 0.579. The lowest BCUT2D eigenvalue weighted by molar-refractivity contribution is -0.125. The van der Waals surface area contributed by atoms with E-state index in [0.29, 0.717) is 6.54 Å². The Labute approximate surface area is 61.2 Å². The molecule has 0 aromatic carbocycles. The number of halogens is 1. The molecule has 0 unspecified atom stereocenters. The second kappa shape index (κ2) is 3.69. The Balaban J connectivity index is 0. The summed E-state index contributed by atoms with van der Waals surface area (Å²) < 4.78 is 0. The molecule has 4 heteroatoms.